The van der Waals surface area contributed by atoms with Gasteiger partial charge in [-0.2, -0.15) is 0 Å². The third-order valence-corrected chi connectivity index (χ3v) is 4.22. The van der Waals surface area contributed by atoms with E-state index in [-0.39, 0.29) is 23.7 Å². The van der Waals surface area contributed by atoms with Crippen molar-refractivity contribution in [2.45, 2.75) is 24.4 Å². The monoisotopic (exact) mass is 319 g/mol. The molecule has 7 heteroatoms. The molecular formula is C15H14FN3O2S. The van der Waals surface area contributed by atoms with Crippen molar-refractivity contribution < 1.29 is 9.18 Å². The van der Waals surface area contributed by atoms with Gasteiger partial charge >= 0.3 is 0 Å². The van der Waals surface area contributed by atoms with E-state index in [9.17, 15) is 14.0 Å². The Morgan fingerprint density at radius 3 is 2.95 bits per heavy atom. The van der Waals surface area contributed by atoms with Crippen molar-refractivity contribution in [2.24, 2.45) is 0 Å². The van der Waals surface area contributed by atoms with Crippen molar-refractivity contribution in [1.29, 1.82) is 0 Å². The van der Waals surface area contributed by atoms with Crippen LogP contribution < -0.4 is 10.9 Å². The number of aromatic nitrogens is 2. The Kier molecular flexibility index (Phi) is 3.98. The van der Waals surface area contributed by atoms with Crippen LogP contribution in [0, 0.1) is 5.82 Å². The predicted molar refractivity (Wildman–Crippen MR) is 82.7 cm³/mol. The van der Waals surface area contributed by atoms with Crippen molar-refractivity contribution in [2.75, 3.05) is 11.1 Å². The van der Waals surface area contributed by atoms with Crippen LogP contribution in [0.15, 0.2) is 34.2 Å². The normalized spacial score (nSPS) is 17.0. The molecule has 1 atom stereocenters. The summed E-state index contributed by atoms with van der Waals surface area (Å²) in [7, 11) is 0. The van der Waals surface area contributed by atoms with Crippen LogP contribution >= 0.6 is 11.8 Å². The lowest BCUT2D eigenvalue weighted by atomic mass is 9.87. The lowest BCUT2D eigenvalue weighted by Gasteiger charge is -2.24. The summed E-state index contributed by atoms with van der Waals surface area (Å²) in [4.78, 5) is 31.3. The maximum atomic E-state index is 13.5. The molecule has 2 aromatic rings. The van der Waals surface area contributed by atoms with Crippen LogP contribution in [0.3, 0.4) is 0 Å². The number of carbonyl (C=O) groups is 1. The van der Waals surface area contributed by atoms with Gasteiger partial charge in [-0.05, 0) is 23.4 Å². The maximum Gasteiger partial charge on any atom is 0.257 e. The molecule has 0 saturated heterocycles. The number of nitrogens with one attached hydrogen (secondary N) is 2. The highest BCUT2D eigenvalue weighted by Crippen LogP contribution is 2.34. The van der Waals surface area contributed by atoms with Gasteiger partial charge < -0.3 is 10.3 Å². The zero-order valence-corrected chi connectivity index (χ0v) is 12.7. The van der Waals surface area contributed by atoms with Crippen LogP contribution in [0.5, 0.6) is 0 Å². The fraction of sp³-hybridized carbons (Fsp3) is 0.267. The van der Waals surface area contributed by atoms with E-state index in [1.807, 2.05) is 6.92 Å². The van der Waals surface area contributed by atoms with Crippen molar-refractivity contribution in [1.82, 2.24) is 9.97 Å². The van der Waals surface area contributed by atoms with E-state index < -0.39 is 11.7 Å². The van der Waals surface area contributed by atoms with Gasteiger partial charge in [-0.1, -0.05) is 30.8 Å². The van der Waals surface area contributed by atoms with Gasteiger partial charge in [-0.15, -0.1) is 0 Å². The Labute approximate surface area is 130 Å². The Morgan fingerprint density at radius 1 is 1.41 bits per heavy atom. The first kappa shape index (κ1) is 14.8. The van der Waals surface area contributed by atoms with Crippen molar-refractivity contribution in [3.63, 3.8) is 0 Å². The number of amides is 1. The fourth-order valence-corrected chi connectivity index (χ4v) is 3.16. The highest BCUT2D eigenvalue weighted by atomic mass is 32.2. The molecule has 1 aromatic carbocycles. The number of aromatic amines is 1. The van der Waals surface area contributed by atoms with Crippen molar-refractivity contribution >= 4 is 23.5 Å². The zero-order chi connectivity index (χ0) is 15.7. The second-order valence-electron chi connectivity index (χ2n) is 4.93. The lowest BCUT2D eigenvalue weighted by molar-refractivity contribution is -0.116. The molecule has 1 aliphatic rings. The van der Waals surface area contributed by atoms with Crippen molar-refractivity contribution in [3.8, 4) is 0 Å². The molecule has 0 bridgehead atoms. The molecule has 1 aromatic heterocycles. The first-order chi connectivity index (χ1) is 10.6. The second-order valence-corrected chi connectivity index (χ2v) is 6.18. The van der Waals surface area contributed by atoms with E-state index in [2.05, 4.69) is 15.3 Å². The van der Waals surface area contributed by atoms with Gasteiger partial charge in [-0.3, -0.25) is 9.59 Å². The van der Waals surface area contributed by atoms with E-state index >= 15 is 0 Å². The number of carbonyl (C=O) groups excluding carboxylic acids is 1. The third-order valence-electron chi connectivity index (χ3n) is 3.46. The number of thioether (sulfide) groups is 1. The van der Waals surface area contributed by atoms with Crippen LogP contribution in [-0.4, -0.2) is 21.6 Å². The minimum atomic E-state index is -0.489. The average Bonchev–Trinajstić information content (AvgIpc) is 2.46. The number of fused-ring (bicyclic) bond motifs is 1. The average molecular weight is 319 g/mol. The molecule has 2 heterocycles. The van der Waals surface area contributed by atoms with E-state index in [0.29, 0.717) is 16.3 Å². The number of anilines is 1. The highest BCUT2D eigenvalue weighted by Gasteiger charge is 2.31. The Bertz CT molecular complexity index is 791. The first-order valence-electron chi connectivity index (χ1n) is 6.90. The van der Waals surface area contributed by atoms with Crippen LogP contribution in [-0.2, 0) is 4.79 Å². The van der Waals surface area contributed by atoms with Gasteiger partial charge in [0.15, 0.2) is 5.16 Å². The molecule has 22 heavy (non-hydrogen) atoms. The van der Waals surface area contributed by atoms with Gasteiger partial charge in [0.1, 0.15) is 11.6 Å². The summed E-state index contributed by atoms with van der Waals surface area (Å²) in [5.74, 6) is -0.0929. The summed E-state index contributed by atoms with van der Waals surface area (Å²) in [6.07, 6.45) is 0.0987. The van der Waals surface area contributed by atoms with E-state index in [4.69, 9.17) is 0 Å². The molecule has 0 fully saturated rings. The molecule has 0 aliphatic carbocycles. The highest BCUT2D eigenvalue weighted by molar-refractivity contribution is 7.99. The molecular weight excluding hydrogens is 305 g/mol. The number of rotatable bonds is 3. The molecule has 1 amide bonds. The van der Waals surface area contributed by atoms with Crippen molar-refractivity contribution in [3.05, 3.63) is 51.6 Å². The summed E-state index contributed by atoms with van der Waals surface area (Å²) in [6.45, 7) is 1.94. The Morgan fingerprint density at radius 2 is 2.23 bits per heavy atom. The molecule has 0 spiro atoms. The van der Waals surface area contributed by atoms with Crippen LogP contribution in [0.25, 0.3) is 0 Å². The van der Waals surface area contributed by atoms with Gasteiger partial charge in [0, 0.05) is 12.3 Å². The van der Waals surface area contributed by atoms with E-state index in [0.717, 1.165) is 5.75 Å². The number of hydrogen-bond acceptors (Lipinski definition) is 4. The number of halogens is 1. The maximum absolute atomic E-state index is 13.5. The number of hydrogen-bond donors (Lipinski definition) is 2. The number of H-pyrrole nitrogens is 1. The minimum absolute atomic E-state index is 0.0987. The largest absolute Gasteiger partial charge is 0.310 e. The first-order valence-corrected chi connectivity index (χ1v) is 7.89. The van der Waals surface area contributed by atoms with Crippen LogP contribution in [0.4, 0.5) is 10.2 Å². The summed E-state index contributed by atoms with van der Waals surface area (Å²) < 4.78 is 13.5. The van der Waals surface area contributed by atoms with E-state index in [1.165, 1.54) is 23.9 Å². The minimum Gasteiger partial charge on any atom is -0.310 e. The molecule has 1 aliphatic heterocycles. The number of benzene rings is 1. The van der Waals surface area contributed by atoms with Crippen LogP contribution in [0.1, 0.15) is 30.4 Å². The molecule has 1 unspecified atom stereocenters. The number of nitrogens with zero attached hydrogens (tertiary/aromatic N) is 1. The Balaban J connectivity index is 2.13. The molecule has 0 radical (unpaired) electrons. The SMILES string of the molecule is CCSc1nc2c(c(=O)[nH]1)C(c1cccc(F)c1)CC(=O)N2. The van der Waals surface area contributed by atoms with Gasteiger partial charge in [-0.25, -0.2) is 9.37 Å². The fourth-order valence-electron chi connectivity index (χ4n) is 2.56. The van der Waals surface area contributed by atoms with E-state index in [1.54, 1.807) is 12.1 Å². The van der Waals surface area contributed by atoms with Gasteiger partial charge in [0.25, 0.3) is 5.56 Å². The van der Waals surface area contributed by atoms with Gasteiger partial charge in [0.2, 0.25) is 5.91 Å². The molecule has 114 valence electrons. The second kappa shape index (κ2) is 5.92. The standard InChI is InChI=1S/C15H14FN3O2S/c1-2-22-15-18-13-12(14(21)19-15)10(7-11(20)17-13)8-4-3-5-9(16)6-8/h3-6,10H,2,7H2,1H3,(H2,17,18,19,20,21). The molecule has 2 N–H and O–H groups in total. The Hall–Kier alpha value is -2.15. The lowest BCUT2D eigenvalue weighted by Crippen LogP contribution is -2.31. The summed E-state index contributed by atoms with van der Waals surface area (Å²) in [6, 6.07) is 5.96. The summed E-state index contributed by atoms with van der Waals surface area (Å²) in [5.41, 5.74) is 0.681. The quantitative estimate of drug-likeness (QED) is 0.673. The molecule has 5 nitrogen and oxygen atoms in total. The van der Waals surface area contributed by atoms with Gasteiger partial charge in [0.05, 0.1) is 5.56 Å². The predicted octanol–water partition coefficient (Wildman–Crippen LogP) is 2.50. The molecule has 3 rings (SSSR count). The molecule has 0 saturated carbocycles. The topological polar surface area (TPSA) is 74.8 Å². The zero-order valence-electron chi connectivity index (χ0n) is 11.9. The summed E-state index contributed by atoms with van der Waals surface area (Å²) >= 11 is 1.39. The third kappa shape index (κ3) is 2.76. The smallest absolute Gasteiger partial charge is 0.257 e. The van der Waals surface area contributed by atoms with Crippen LogP contribution in [0.2, 0.25) is 0 Å². The summed E-state index contributed by atoms with van der Waals surface area (Å²) in [5, 5.41) is 3.10.